The Morgan fingerprint density at radius 2 is 2.36 bits per heavy atom. The lowest BCUT2D eigenvalue weighted by Gasteiger charge is -2.08. The van der Waals surface area contributed by atoms with E-state index < -0.39 is 0 Å². The predicted molar refractivity (Wildman–Crippen MR) is 60.3 cm³/mol. The lowest BCUT2D eigenvalue weighted by Crippen LogP contribution is -1.97. The van der Waals surface area contributed by atoms with Gasteiger partial charge >= 0.3 is 0 Å². The summed E-state index contributed by atoms with van der Waals surface area (Å²) in [6, 6.07) is 1.52. The molecule has 0 aromatic carbocycles. The van der Waals surface area contributed by atoms with Crippen molar-refractivity contribution >= 4 is 23.4 Å². The van der Waals surface area contributed by atoms with Gasteiger partial charge < -0.3 is 0 Å². The van der Waals surface area contributed by atoms with Crippen LogP contribution in [0.5, 0.6) is 0 Å². The van der Waals surface area contributed by atoms with E-state index in [1.54, 1.807) is 18.0 Å². The minimum Gasteiger partial charge on any atom is -0.261 e. The smallest absolute Gasteiger partial charge is 0.141 e. The molecule has 1 aromatic heterocycles. The molecular weight excluding hydrogens is 221 g/mol. The summed E-state index contributed by atoms with van der Waals surface area (Å²) in [6.45, 7) is 2.12. The third-order valence-electron chi connectivity index (χ3n) is 1.81. The van der Waals surface area contributed by atoms with Gasteiger partial charge in [-0.2, -0.15) is 11.8 Å². The molecule has 1 nitrogen and oxygen atoms in total. The maximum absolute atomic E-state index is 12.7. The molecule has 0 aliphatic carbocycles. The van der Waals surface area contributed by atoms with Crippen LogP contribution in [0.25, 0.3) is 0 Å². The predicted octanol–water partition coefficient (Wildman–Crippen LogP) is 3.47. The van der Waals surface area contributed by atoms with Crippen LogP contribution < -0.4 is 0 Å². The van der Waals surface area contributed by atoms with Crippen LogP contribution >= 0.6 is 23.4 Å². The Morgan fingerprint density at radius 1 is 1.57 bits per heavy atom. The Labute approximate surface area is 93.1 Å². The van der Waals surface area contributed by atoms with Gasteiger partial charge in [-0.25, -0.2) is 4.39 Å². The third kappa shape index (κ3) is 4.29. The highest BCUT2D eigenvalue weighted by Gasteiger charge is 2.03. The topological polar surface area (TPSA) is 12.9 Å². The monoisotopic (exact) mass is 233 g/mol. The summed E-state index contributed by atoms with van der Waals surface area (Å²) in [7, 11) is 0. The van der Waals surface area contributed by atoms with E-state index in [2.05, 4.69) is 11.9 Å². The first-order chi connectivity index (χ1) is 6.72. The Hall–Kier alpha value is -0.280. The molecule has 1 atom stereocenters. The molecular formula is C10H13ClFNS. The zero-order chi connectivity index (χ0) is 10.4. The van der Waals surface area contributed by atoms with Crippen molar-refractivity contribution < 1.29 is 4.39 Å². The van der Waals surface area contributed by atoms with Crippen LogP contribution in [-0.4, -0.2) is 16.1 Å². The van der Waals surface area contributed by atoms with E-state index in [1.165, 1.54) is 12.3 Å². The molecule has 0 aliphatic heterocycles. The van der Waals surface area contributed by atoms with Gasteiger partial charge in [-0.3, -0.25) is 4.98 Å². The molecule has 0 aliphatic rings. The van der Waals surface area contributed by atoms with Crippen LogP contribution in [0.2, 0.25) is 0 Å². The Bertz CT molecular complexity index is 283. The molecule has 1 rings (SSSR count). The van der Waals surface area contributed by atoms with E-state index in [-0.39, 0.29) is 5.82 Å². The van der Waals surface area contributed by atoms with Crippen molar-refractivity contribution in [2.24, 2.45) is 0 Å². The van der Waals surface area contributed by atoms with E-state index in [4.69, 9.17) is 11.6 Å². The molecule has 0 N–H and O–H groups in total. The Kier molecular flexibility index (Phi) is 5.26. The average molecular weight is 234 g/mol. The quantitative estimate of drug-likeness (QED) is 0.723. The van der Waals surface area contributed by atoms with Gasteiger partial charge in [-0.15, -0.1) is 11.6 Å². The van der Waals surface area contributed by atoms with Crippen LogP contribution in [0.4, 0.5) is 4.39 Å². The summed E-state index contributed by atoms with van der Waals surface area (Å²) in [5.74, 6) is 1.20. The molecule has 1 heterocycles. The number of aromatic nitrogens is 1. The van der Waals surface area contributed by atoms with Gasteiger partial charge in [0.15, 0.2) is 0 Å². The van der Waals surface area contributed by atoms with Crippen LogP contribution in [-0.2, 0) is 5.75 Å². The minimum atomic E-state index is -0.270. The molecule has 0 bridgehead atoms. The SMILES string of the molecule is CC(CCCl)SCc1cncc(F)c1. The number of halogens is 2. The molecule has 0 radical (unpaired) electrons. The van der Waals surface area contributed by atoms with Crippen molar-refractivity contribution in [3.05, 3.63) is 29.8 Å². The molecule has 14 heavy (non-hydrogen) atoms. The number of alkyl halides is 1. The second-order valence-electron chi connectivity index (χ2n) is 3.11. The highest BCUT2D eigenvalue weighted by atomic mass is 35.5. The fourth-order valence-electron chi connectivity index (χ4n) is 1.01. The van der Waals surface area contributed by atoms with Crippen molar-refractivity contribution in [3.63, 3.8) is 0 Å². The molecule has 0 fully saturated rings. The van der Waals surface area contributed by atoms with Gasteiger partial charge in [0.05, 0.1) is 6.20 Å². The first-order valence-electron chi connectivity index (χ1n) is 4.49. The van der Waals surface area contributed by atoms with Gasteiger partial charge in [0.1, 0.15) is 5.82 Å². The molecule has 0 saturated heterocycles. The average Bonchev–Trinajstić information content (AvgIpc) is 2.15. The van der Waals surface area contributed by atoms with Gasteiger partial charge in [0.2, 0.25) is 0 Å². The van der Waals surface area contributed by atoms with Crippen LogP contribution in [0.1, 0.15) is 18.9 Å². The Balaban J connectivity index is 2.37. The summed E-state index contributed by atoms with van der Waals surface area (Å²) in [5, 5.41) is 0.510. The van der Waals surface area contributed by atoms with E-state index in [0.717, 1.165) is 17.7 Å². The van der Waals surface area contributed by atoms with Crippen molar-refractivity contribution in [1.82, 2.24) is 4.98 Å². The largest absolute Gasteiger partial charge is 0.261 e. The molecule has 0 saturated carbocycles. The normalized spacial score (nSPS) is 12.8. The highest BCUT2D eigenvalue weighted by molar-refractivity contribution is 7.99. The van der Waals surface area contributed by atoms with Crippen molar-refractivity contribution in [2.45, 2.75) is 24.3 Å². The van der Waals surface area contributed by atoms with Crippen molar-refractivity contribution in [1.29, 1.82) is 0 Å². The molecule has 78 valence electrons. The van der Waals surface area contributed by atoms with Crippen molar-refractivity contribution in [3.8, 4) is 0 Å². The zero-order valence-electron chi connectivity index (χ0n) is 8.04. The summed E-state index contributed by atoms with van der Waals surface area (Å²) in [5.41, 5.74) is 0.927. The van der Waals surface area contributed by atoms with E-state index in [0.29, 0.717) is 11.1 Å². The summed E-state index contributed by atoms with van der Waals surface area (Å²) >= 11 is 7.39. The zero-order valence-corrected chi connectivity index (χ0v) is 9.61. The number of hydrogen-bond donors (Lipinski definition) is 0. The van der Waals surface area contributed by atoms with Crippen molar-refractivity contribution in [2.75, 3.05) is 5.88 Å². The molecule has 0 amide bonds. The summed E-state index contributed by atoms with van der Waals surface area (Å²) in [6.07, 6.45) is 3.90. The number of pyridine rings is 1. The maximum atomic E-state index is 12.7. The van der Waals surface area contributed by atoms with E-state index in [9.17, 15) is 4.39 Å². The highest BCUT2D eigenvalue weighted by Crippen LogP contribution is 2.20. The second-order valence-corrected chi connectivity index (χ2v) is 4.92. The lowest BCUT2D eigenvalue weighted by molar-refractivity contribution is 0.619. The first kappa shape index (κ1) is 11.8. The summed E-state index contributed by atoms with van der Waals surface area (Å²) < 4.78 is 12.7. The summed E-state index contributed by atoms with van der Waals surface area (Å²) in [4.78, 5) is 3.79. The molecule has 1 aromatic rings. The second kappa shape index (κ2) is 6.25. The van der Waals surface area contributed by atoms with Gasteiger partial charge in [0.25, 0.3) is 0 Å². The van der Waals surface area contributed by atoms with Gasteiger partial charge in [-0.05, 0) is 18.1 Å². The standard InChI is InChI=1S/C10H13ClFNS/c1-8(2-3-11)14-7-9-4-10(12)6-13-5-9/h4-6,8H,2-3,7H2,1H3. The van der Waals surface area contributed by atoms with Crippen LogP contribution in [0.3, 0.4) is 0 Å². The minimum absolute atomic E-state index is 0.270. The number of nitrogens with zero attached hydrogens (tertiary/aromatic N) is 1. The van der Waals surface area contributed by atoms with Crippen LogP contribution in [0, 0.1) is 5.82 Å². The van der Waals surface area contributed by atoms with E-state index in [1.807, 2.05) is 0 Å². The number of rotatable bonds is 5. The maximum Gasteiger partial charge on any atom is 0.141 e. The van der Waals surface area contributed by atoms with E-state index >= 15 is 0 Å². The van der Waals surface area contributed by atoms with Crippen LogP contribution in [0.15, 0.2) is 18.5 Å². The Morgan fingerprint density at radius 3 is 3.00 bits per heavy atom. The van der Waals surface area contributed by atoms with Gasteiger partial charge in [-0.1, -0.05) is 6.92 Å². The fraction of sp³-hybridized carbons (Fsp3) is 0.500. The fourth-order valence-corrected chi connectivity index (χ4v) is 2.39. The van der Waals surface area contributed by atoms with Gasteiger partial charge in [0, 0.05) is 23.1 Å². The first-order valence-corrected chi connectivity index (χ1v) is 6.07. The number of hydrogen-bond acceptors (Lipinski definition) is 2. The molecule has 4 heteroatoms. The number of thioether (sulfide) groups is 1. The third-order valence-corrected chi connectivity index (χ3v) is 3.33. The molecule has 1 unspecified atom stereocenters. The lowest BCUT2D eigenvalue weighted by atomic mass is 10.3. The molecule has 0 spiro atoms.